The van der Waals surface area contributed by atoms with Crippen LogP contribution in [0.3, 0.4) is 0 Å². The Bertz CT molecular complexity index is 418. The van der Waals surface area contributed by atoms with Crippen LogP contribution in [0.15, 0.2) is 6.33 Å². The van der Waals surface area contributed by atoms with Crippen LogP contribution in [-0.4, -0.2) is 36.0 Å². The Hall–Kier alpha value is -1.65. The summed E-state index contributed by atoms with van der Waals surface area (Å²) in [6.45, 7) is 3.76. The topological polar surface area (TPSA) is 49.3 Å². The van der Waals surface area contributed by atoms with Gasteiger partial charge in [-0.3, -0.25) is 4.79 Å². The molecular formula is C10H14N4O. The second-order valence-corrected chi connectivity index (χ2v) is 3.82. The van der Waals surface area contributed by atoms with E-state index >= 15 is 0 Å². The van der Waals surface area contributed by atoms with Crippen molar-refractivity contribution in [2.24, 2.45) is 0 Å². The van der Waals surface area contributed by atoms with Crippen LogP contribution in [-0.2, 0) is 4.79 Å². The number of hydrogen-bond donors (Lipinski definition) is 0. The van der Waals surface area contributed by atoms with Crippen LogP contribution >= 0.6 is 0 Å². The average molecular weight is 206 g/mol. The molecule has 1 aliphatic heterocycles. The van der Waals surface area contributed by atoms with Crippen LogP contribution < -0.4 is 9.80 Å². The highest BCUT2D eigenvalue weighted by Crippen LogP contribution is 2.33. The van der Waals surface area contributed by atoms with Gasteiger partial charge in [-0.25, -0.2) is 9.97 Å². The van der Waals surface area contributed by atoms with Crippen molar-refractivity contribution in [1.82, 2.24) is 9.97 Å². The lowest BCUT2D eigenvalue weighted by Gasteiger charge is -2.37. The lowest BCUT2D eigenvalue weighted by atomic mass is 10.1. The zero-order chi connectivity index (χ0) is 11.2. The number of amides is 1. The van der Waals surface area contributed by atoms with Gasteiger partial charge in [-0.05, 0) is 13.8 Å². The molecule has 0 aromatic carbocycles. The highest BCUT2D eigenvalue weighted by atomic mass is 16.2. The molecule has 0 bridgehead atoms. The SMILES string of the molecule is Cc1ncnc2c1N(C)C(=O)C(C)N2C. The van der Waals surface area contributed by atoms with E-state index in [2.05, 4.69) is 9.97 Å². The molecule has 0 radical (unpaired) electrons. The van der Waals surface area contributed by atoms with Gasteiger partial charge in [0.1, 0.15) is 18.1 Å². The first-order valence-corrected chi connectivity index (χ1v) is 4.86. The lowest BCUT2D eigenvalue weighted by molar-refractivity contribution is -0.119. The average Bonchev–Trinajstić information content (AvgIpc) is 2.23. The van der Waals surface area contributed by atoms with Crippen LogP contribution in [0, 0.1) is 6.92 Å². The van der Waals surface area contributed by atoms with Crippen molar-refractivity contribution in [3.05, 3.63) is 12.0 Å². The van der Waals surface area contributed by atoms with Crippen LogP contribution in [0.5, 0.6) is 0 Å². The first-order chi connectivity index (χ1) is 7.04. The van der Waals surface area contributed by atoms with Crippen LogP contribution in [0.2, 0.25) is 0 Å². The molecule has 0 saturated heterocycles. The van der Waals surface area contributed by atoms with Crippen molar-refractivity contribution >= 4 is 17.4 Å². The summed E-state index contributed by atoms with van der Waals surface area (Å²) < 4.78 is 0. The molecule has 0 spiro atoms. The van der Waals surface area contributed by atoms with Crippen molar-refractivity contribution in [2.75, 3.05) is 23.9 Å². The van der Waals surface area contributed by atoms with Crippen molar-refractivity contribution in [1.29, 1.82) is 0 Å². The van der Waals surface area contributed by atoms with Gasteiger partial charge in [0.05, 0.1) is 5.69 Å². The fourth-order valence-corrected chi connectivity index (χ4v) is 1.84. The fourth-order valence-electron chi connectivity index (χ4n) is 1.84. The molecule has 2 heterocycles. The Balaban J connectivity index is 2.64. The van der Waals surface area contributed by atoms with Gasteiger partial charge in [-0.1, -0.05) is 0 Å². The third kappa shape index (κ3) is 1.26. The van der Waals surface area contributed by atoms with Crippen LogP contribution in [0.25, 0.3) is 0 Å². The number of likely N-dealkylation sites (N-methyl/N-ethyl adjacent to an activating group) is 2. The number of carbonyl (C=O) groups is 1. The lowest BCUT2D eigenvalue weighted by Crippen LogP contribution is -2.49. The molecule has 1 aromatic heterocycles. The van der Waals surface area contributed by atoms with Gasteiger partial charge in [-0.2, -0.15) is 0 Å². The molecule has 0 fully saturated rings. The normalized spacial score (nSPS) is 20.5. The van der Waals surface area contributed by atoms with E-state index in [1.54, 1.807) is 11.9 Å². The van der Waals surface area contributed by atoms with Gasteiger partial charge in [0, 0.05) is 14.1 Å². The molecule has 80 valence electrons. The monoisotopic (exact) mass is 206 g/mol. The molecule has 2 rings (SSSR count). The largest absolute Gasteiger partial charge is 0.346 e. The summed E-state index contributed by atoms with van der Waals surface area (Å²) in [6, 6.07) is -0.170. The van der Waals surface area contributed by atoms with E-state index in [0.29, 0.717) is 0 Å². The summed E-state index contributed by atoms with van der Waals surface area (Å²) >= 11 is 0. The Morgan fingerprint density at radius 3 is 2.67 bits per heavy atom. The number of anilines is 2. The number of hydrogen-bond acceptors (Lipinski definition) is 4. The standard InChI is InChI=1S/C10H14N4O/c1-6-8-9(12-5-11-6)13(3)7(2)10(15)14(8)4/h5,7H,1-4H3. The first-order valence-electron chi connectivity index (χ1n) is 4.86. The second-order valence-electron chi connectivity index (χ2n) is 3.82. The number of nitrogens with zero attached hydrogens (tertiary/aromatic N) is 4. The van der Waals surface area contributed by atoms with E-state index in [4.69, 9.17) is 0 Å². The highest BCUT2D eigenvalue weighted by Gasteiger charge is 2.33. The molecule has 0 aliphatic carbocycles. The Labute approximate surface area is 88.7 Å². The third-order valence-electron chi connectivity index (χ3n) is 2.92. The smallest absolute Gasteiger partial charge is 0.249 e. The molecule has 5 nitrogen and oxygen atoms in total. The van der Waals surface area contributed by atoms with Crippen molar-refractivity contribution < 1.29 is 4.79 Å². The van der Waals surface area contributed by atoms with E-state index in [9.17, 15) is 4.79 Å². The summed E-state index contributed by atoms with van der Waals surface area (Å²) in [5.74, 6) is 0.889. The first kappa shape index (κ1) is 9.89. The summed E-state index contributed by atoms with van der Waals surface area (Å²) in [5.41, 5.74) is 1.64. The number of aromatic nitrogens is 2. The van der Waals surface area contributed by atoms with Crippen LogP contribution in [0.1, 0.15) is 12.6 Å². The van der Waals surface area contributed by atoms with Gasteiger partial charge in [-0.15, -0.1) is 0 Å². The maximum atomic E-state index is 11.9. The summed E-state index contributed by atoms with van der Waals surface area (Å²) in [5, 5.41) is 0. The Kier molecular flexibility index (Phi) is 2.10. The third-order valence-corrected chi connectivity index (χ3v) is 2.92. The molecule has 1 atom stereocenters. The minimum atomic E-state index is -0.170. The summed E-state index contributed by atoms with van der Waals surface area (Å²) in [7, 11) is 3.64. The van der Waals surface area contributed by atoms with Gasteiger partial charge in [0.25, 0.3) is 0 Å². The van der Waals surface area contributed by atoms with Crippen molar-refractivity contribution in [3.8, 4) is 0 Å². The minimum Gasteiger partial charge on any atom is -0.346 e. The van der Waals surface area contributed by atoms with Crippen molar-refractivity contribution in [3.63, 3.8) is 0 Å². The molecule has 5 heteroatoms. The molecule has 1 unspecified atom stereocenters. The molecule has 1 aromatic rings. The van der Waals surface area contributed by atoms with E-state index in [-0.39, 0.29) is 11.9 Å². The minimum absolute atomic E-state index is 0.0721. The van der Waals surface area contributed by atoms with E-state index in [1.165, 1.54) is 6.33 Å². The van der Waals surface area contributed by atoms with Crippen molar-refractivity contribution in [2.45, 2.75) is 19.9 Å². The molecule has 0 saturated carbocycles. The Morgan fingerprint density at radius 2 is 2.00 bits per heavy atom. The zero-order valence-corrected chi connectivity index (χ0v) is 9.35. The fraction of sp³-hybridized carbons (Fsp3) is 0.500. The number of aryl methyl sites for hydroxylation is 1. The van der Waals surface area contributed by atoms with Gasteiger partial charge < -0.3 is 9.80 Å². The maximum absolute atomic E-state index is 11.9. The number of fused-ring (bicyclic) bond motifs is 1. The molecule has 15 heavy (non-hydrogen) atoms. The highest BCUT2D eigenvalue weighted by molar-refractivity contribution is 6.04. The molecule has 0 N–H and O–H groups in total. The van der Waals surface area contributed by atoms with E-state index in [1.807, 2.05) is 25.8 Å². The summed E-state index contributed by atoms with van der Waals surface area (Å²) in [6.07, 6.45) is 1.53. The van der Waals surface area contributed by atoms with Gasteiger partial charge in [0.2, 0.25) is 5.91 Å². The number of carbonyl (C=O) groups excluding carboxylic acids is 1. The second kappa shape index (κ2) is 3.18. The predicted molar refractivity (Wildman–Crippen MR) is 58.0 cm³/mol. The molecule has 1 aliphatic rings. The maximum Gasteiger partial charge on any atom is 0.249 e. The van der Waals surface area contributed by atoms with Crippen LogP contribution in [0.4, 0.5) is 11.5 Å². The molecule has 1 amide bonds. The molecular weight excluding hydrogens is 192 g/mol. The number of rotatable bonds is 0. The quantitative estimate of drug-likeness (QED) is 0.623. The predicted octanol–water partition coefficient (Wildman–Crippen LogP) is 0.586. The summed E-state index contributed by atoms with van der Waals surface area (Å²) in [4.78, 5) is 23.7. The zero-order valence-electron chi connectivity index (χ0n) is 9.35. The van der Waals surface area contributed by atoms with E-state index < -0.39 is 0 Å². The van der Waals surface area contributed by atoms with Gasteiger partial charge >= 0.3 is 0 Å². The van der Waals surface area contributed by atoms with E-state index in [0.717, 1.165) is 17.2 Å². The van der Waals surface area contributed by atoms with Gasteiger partial charge in [0.15, 0.2) is 5.82 Å². The Morgan fingerprint density at radius 1 is 1.33 bits per heavy atom.